The lowest BCUT2D eigenvalue weighted by atomic mass is 9.93. The van der Waals surface area contributed by atoms with Crippen LogP contribution in [-0.2, 0) is 15.3 Å². The molecule has 5 heterocycles. The number of hydrogen-bond acceptors (Lipinski definition) is 6. The minimum absolute atomic E-state index is 0.196. The number of aromatic nitrogens is 4. The zero-order valence-electron chi connectivity index (χ0n) is 30.1. The lowest BCUT2D eigenvalue weighted by Crippen LogP contribution is -2.39. The first-order valence-electron chi connectivity index (χ1n) is 17.9. The maximum Gasteiger partial charge on any atom is 0.314 e. The van der Waals surface area contributed by atoms with E-state index in [1.165, 1.54) is 14.2 Å². The van der Waals surface area contributed by atoms with Crippen LogP contribution >= 0.6 is 0 Å². The van der Waals surface area contributed by atoms with Gasteiger partial charge in [0.2, 0.25) is 0 Å². The summed E-state index contributed by atoms with van der Waals surface area (Å²) in [4.78, 5) is 31.1. The Morgan fingerprint density at radius 3 is 1.29 bits per heavy atom. The molecule has 9 heteroatoms. The molecule has 268 valence electrons. The van der Waals surface area contributed by atoms with Gasteiger partial charge in [0.25, 0.3) is 5.79 Å². The van der Waals surface area contributed by atoms with Gasteiger partial charge in [0, 0.05) is 63.5 Å². The van der Waals surface area contributed by atoms with Gasteiger partial charge in [-0.1, -0.05) is 121 Å². The summed E-state index contributed by atoms with van der Waals surface area (Å²) >= 11 is 0. The van der Waals surface area contributed by atoms with Crippen LogP contribution in [0.2, 0.25) is 0 Å². The molecule has 1 atom stereocenters. The summed E-state index contributed by atoms with van der Waals surface area (Å²) in [7, 11) is 2.86. The second-order valence-corrected chi connectivity index (χ2v) is 13.4. The normalized spacial score (nSPS) is 14.5. The van der Waals surface area contributed by atoms with E-state index in [1.807, 2.05) is 127 Å². The zero-order valence-corrected chi connectivity index (χ0v) is 30.1. The van der Waals surface area contributed by atoms with Crippen LogP contribution in [0.15, 0.2) is 146 Å². The number of H-pyrrole nitrogens is 2. The van der Waals surface area contributed by atoms with E-state index in [1.54, 1.807) is 0 Å². The van der Waals surface area contributed by atoms with Gasteiger partial charge in [-0.2, -0.15) is 0 Å². The molecule has 55 heavy (non-hydrogen) atoms. The van der Waals surface area contributed by atoms with Gasteiger partial charge in [-0.15, -0.1) is 0 Å². The molecule has 9 nitrogen and oxygen atoms in total. The number of rotatable bonds is 7. The number of nitrogens with zero attached hydrogens (tertiary/aromatic N) is 3. The molecule has 8 bridgehead atoms. The molecule has 7 aromatic rings. The predicted octanol–water partition coefficient (Wildman–Crippen LogP) is 10.6. The SMILES string of the molecule is COC1(OC)c2nc(c(-c3ccccc3)c3ccc([nH]3)c(-c3ccccc3)c3nc(c(-c4ccccc4)c4ccc([nH]4)c2-c2ccccc2)C=C3)C1[N+](=O)[O-]. The van der Waals surface area contributed by atoms with Crippen molar-refractivity contribution >= 4 is 34.2 Å². The van der Waals surface area contributed by atoms with E-state index in [0.717, 1.165) is 55.8 Å². The molecule has 0 radical (unpaired) electrons. The third-order valence-corrected chi connectivity index (χ3v) is 10.3. The Morgan fingerprint density at radius 2 is 0.891 bits per heavy atom. The van der Waals surface area contributed by atoms with Crippen molar-refractivity contribution < 1.29 is 14.4 Å². The largest absolute Gasteiger partial charge is 0.354 e. The maximum absolute atomic E-state index is 13.5. The number of aromatic amines is 2. The van der Waals surface area contributed by atoms with Crippen molar-refractivity contribution in [2.45, 2.75) is 11.8 Å². The van der Waals surface area contributed by atoms with Gasteiger partial charge >= 0.3 is 6.04 Å². The van der Waals surface area contributed by atoms with E-state index in [-0.39, 0.29) is 16.3 Å². The van der Waals surface area contributed by atoms with E-state index < -0.39 is 11.8 Å². The minimum atomic E-state index is -1.91. The highest BCUT2D eigenvalue weighted by molar-refractivity contribution is 5.97. The van der Waals surface area contributed by atoms with E-state index in [2.05, 4.69) is 40.3 Å². The summed E-state index contributed by atoms with van der Waals surface area (Å²) in [6.45, 7) is 0. The third kappa shape index (κ3) is 5.65. The first-order chi connectivity index (χ1) is 27.0. The monoisotopic (exact) mass is 721 g/mol. The molecule has 2 N–H and O–H groups in total. The Morgan fingerprint density at radius 1 is 0.527 bits per heavy atom. The van der Waals surface area contributed by atoms with Gasteiger partial charge in [0.1, 0.15) is 11.4 Å². The van der Waals surface area contributed by atoms with Crippen LogP contribution in [-0.4, -0.2) is 39.1 Å². The highest BCUT2D eigenvalue weighted by atomic mass is 16.7. The Kier molecular flexibility index (Phi) is 8.50. The van der Waals surface area contributed by atoms with Crippen LogP contribution in [0.1, 0.15) is 28.8 Å². The predicted molar refractivity (Wildman–Crippen MR) is 217 cm³/mol. The maximum atomic E-state index is 13.5. The molecule has 0 spiro atoms. The van der Waals surface area contributed by atoms with E-state index in [0.29, 0.717) is 22.2 Å². The Hall–Kier alpha value is -6.94. The Balaban J connectivity index is 1.56. The van der Waals surface area contributed by atoms with Gasteiger partial charge in [-0.25, -0.2) is 9.97 Å². The summed E-state index contributed by atoms with van der Waals surface area (Å²) in [5, 5.41) is 13.5. The summed E-state index contributed by atoms with van der Waals surface area (Å²) in [5.74, 6) is -1.91. The van der Waals surface area contributed by atoms with Crippen molar-refractivity contribution in [3.05, 3.63) is 178 Å². The summed E-state index contributed by atoms with van der Waals surface area (Å²) in [6.07, 6.45) is 4.10. The third-order valence-electron chi connectivity index (χ3n) is 10.3. The highest BCUT2D eigenvalue weighted by Crippen LogP contribution is 2.51. The van der Waals surface area contributed by atoms with Crippen LogP contribution in [0.4, 0.5) is 0 Å². The number of methoxy groups -OCH3 is 2. The number of hydrogen-bond donors (Lipinski definition) is 2. The molecule has 2 aliphatic heterocycles. The van der Waals surface area contributed by atoms with E-state index in [9.17, 15) is 10.1 Å². The van der Waals surface area contributed by atoms with Gasteiger partial charge in [-0.05, 0) is 58.7 Å². The molecular formula is C46H35N5O4. The average Bonchev–Trinajstić information content (AvgIpc) is 4.05. The first-order valence-corrected chi connectivity index (χ1v) is 17.9. The van der Waals surface area contributed by atoms with Crippen LogP contribution in [0.5, 0.6) is 0 Å². The molecule has 4 aromatic carbocycles. The minimum Gasteiger partial charge on any atom is -0.354 e. The van der Waals surface area contributed by atoms with Crippen molar-refractivity contribution in [1.82, 2.24) is 19.9 Å². The first kappa shape index (κ1) is 33.9. The Bertz CT molecular complexity index is 2760. The Labute approximate surface area is 316 Å². The summed E-state index contributed by atoms with van der Waals surface area (Å²) in [6, 6.07) is 45.9. The number of benzene rings is 4. The van der Waals surface area contributed by atoms with Crippen LogP contribution < -0.4 is 0 Å². The standard InChI is InChI=1S/C46H35N5O4/c1-54-46(55-2)44-42(32-21-13-6-14-22-32)38-28-26-36(49-38)40(30-17-9-4-10-18-30)34-24-23-33(47-34)39(29-15-7-3-8-16-29)35-25-27-37(48-35)41(31-19-11-5-12-20-31)43(50-44)45(46)51(52)53/h3-28,45,48-49H,1-2H3. The second kappa shape index (κ2) is 13.8. The molecule has 0 fully saturated rings. The number of fused-ring (bicyclic) bond motifs is 8. The average molecular weight is 722 g/mol. The molecule has 2 aliphatic rings. The molecule has 9 rings (SSSR count). The van der Waals surface area contributed by atoms with Crippen LogP contribution in [0.3, 0.4) is 0 Å². The van der Waals surface area contributed by atoms with Crippen molar-refractivity contribution in [3.63, 3.8) is 0 Å². The summed E-state index contributed by atoms with van der Waals surface area (Å²) < 4.78 is 12.4. The van der Waals surface area contributed by atoms with Crippen LogP contribution in [0.25, 0.3) is 78.7 Å². The summed E-state index contributed by atoms with van der Waals surface area (Å²) in [5.41, 5.74) is 11.3. The number of nitrogens with one attached hydrogen (secondary N) is 2. The van der Waals surface area contributed by atoms with Crippen molar-refractivity contribution in [3.8, 4) is 44.5 Å². The molecule has 3 aromatic heterocycles. The quantitative estimate of drug-likeness (QED) is 0.0960. The van der Waals surface area contributed by atoms with Crippen molar-refractivity contribution in [1.29, 1.82) is 0 Å². The van der Waals surface area contributed by atoms with Gasteiger partial charge in [0.15, 0.2) is 0 Å². The van der Waals surface area contributed by atoms with E-state index in [4.69, 9.17) is 19.4 Å². The van der Waals surface area contributed by atoms with Gasteiger partial charge < -0.3 is 19.4 Å². The molecule has 0 aliphatic carbocycles. The zero-order chi connectivity index (χ0) is 37.5. The number of nitro groups is 1. The molecule has 0 saturated heterocycles. The molecule has 1 unspecified atom stereocenters. The fourth-order valence-electron chi connectivity index (χ4n) is 7.91. The van der Waals surface area contributed by atoms with E-state index >= 15 is 0 Å². The molecule has 0 saturated carbocycles. The molecule has 0 amide bonds. The van der Waals surface area contributed by atoms with Crippen LogP contribution in [0, 0.1) is 10.1 Å². The highest BCUT2D eigenvalue weighted by Gasteiger charge is 2.59. The fraction of sp³-hybridized carbons (Fsp3) is 0.0870. The van der Waals surface area contributed by atoms with Crippen molar-refractivity contribution in [2.75, 3.05) is 14.2 Å². The number of ether oxygens (including phenoxy) is 2. The van der Waals surface area contributed by atoms with Gasteiger partial charge in [0.05, 0.1) is 11.4 Å². The molecular weight excluding hydrogens is 687 g/mol. The smallest absolute Gasteiger partial charge is 0.314 e. The topological polar surface area (TPSA) is 119 Å². The second-order valence-electron chi connectivity index (χ2n) is 13.4. The lowest BCUT2D eigenvalue weighted by molar-refractivity contribution is -0.574. The fourth-order valence-corrected chi connectivity index (χ4v) is 7.91. The van der Waals surface area contributed by atoms with Gasteiger partial charge in [-0.3, -0.25) is 10.1 Å². The lowest BCUT2D eigenvalue weighted by Gasteiger charge is -2.28. The van der Waals surface area contributed by atoms with Crippen molar-refractivity contribution in [2.24, 2.45) is 0 Å².